The Bertz CT molecular complexity index is 1290. The molecule has 2 heterocycles. The van der Waals surface area contributed by atoms with Gasteiger partial charge in [-0.2, -0.15) is 0 Å². The Morgan fingerprint density at radius 2 is 1.87 bits per heavy atom. The number of aromatic amines is 1. The highest BCUT2D eigenvalue weighted by Gasteiger charge is 2.14. The van der Waals surface area contributed by atoms with Gasteiger partial charge in [-0.05, 0) is 56.5 Å². The number of nitrogens with zero attached hydrogens (tertiary/aromatic N) is 3. The first kappa shape index (κ1) is 21.2. The number of hydrogen-bond acceptors (Lipinski definition) is 5. The van der Waals surface area contributed by atoms with Crippen molar-refractivity contribution < 1.29 is 4.74 Å². The van der Waals surface area contributed by atoms with Crippen LogP contribution in [0, 0.1) is 20.8 Å². The highest BCUT2D eigenvalue weighted by Crippen LogP contribution is 2.28. The normalized spacial score (nSPS) is 11.2. The molecular weight excluding hydrogens is 408 g/mol. The van der Waals surface area contributed by atoms with E-state index in [1.54, 1.807) is 17.8 Å². The van der Waals surface area contributed by atoms with Crippen LogP contribution in [0.25, 0.3) is 10.9 Å². The molecule has 160 valence electrons. The highest BCUT2D eigenvalue weighted by atomic mass is 32.2. The minimum atomic E-state index is -0.0840. The largest absolute Gasteiger partial charge is 0.485 e. The molecular formula is C24H26N4O2S. The molecule has 2 aromatic heterocycles. The quantitative estimate of drug-likeness (QED) is 0.417. The van der Waals surface area contributed by atoms with Crippen molar-refractivity contribution in [2.24, 2.45) is 0 Å². The van der Waals surface area contributed by atoms with Gasteiger partial charge in [-0.3, -0.25) is 4.79 Å². The average molecular weight is 435 g/mol. The molecule has 7 heteroatoms. The van der Waals surface area contributed by atoms with Crippen molar-refractivity contribution >= 4 is 22.7 Å². The molecule has 2 aromatic carbocycles. The number of pyridine rings is 1. The summed E-state index contributed by atoms with van der Waals surface area (Å²) in [5, 5.41) is 10.6. The first-order chi connectivity index (χ1) is 15.0. The van der Waals surface area contributed by atoms with Gasteiger partial charge in [0, 0.05) is 23.8 Å². The summed E-state index contributed by atoms with van der Waals surface area (Å²) in [6.07, 6.45) is 0. The third kappa shape index (κ3) is 4.51. The summed E-state index contributed by atoms with van der Waals surface area (Å²) in [5.41, 5.74) is 5.16. The first-order valence-corrected chi connectivity index (χ1v) is 11.3. The Balaban J connectivity index is 1.56. The van der Waals surface area contributed by atoms with Crippen LogP contribution in [-0.4, -0.2) is 19.7 Å². The van der Waals surface area contributed by atoms with Crippen LogP contribution in [0.4, 0.5) is 0 Å². The Morgan fingerprint density at radius 3 is 2.65 bits per heavy atom. The van der Waals surface area contributed by atoms with Crippen molar-refractivity contribution in [1.29, 1.82) is 0 Å². The lowest BCUT2D eigenvalue weighted by atomic mass is 10.0. The topological polar surface area (TPSA) is 72.8 Å². The lowest BCUT2D eigenvalue weighted by molar-refractivity contribution is 0.286. The number of thioether (sulfide) groups is 1. The fraction of sp³-hybridized carbons (Fsp3) is 0.292. The molecule has 0 unspecified atom stereocenters. The summed E-state index contributed by atoms with van der Waals surface area (Å²) >= 11 is 1.59. The molecule has 0 aliphatic heterocycles. The fourth-order valence-corrected chi connectivity index (χ4v) is 4.77. The number of H-pyrrole nitrogens is 1. The fourth-order valence-electron chi connectivity index (χ4n) is 3.75. The second-order valence-electron chi connectivity index (χ2n) is 7.65. The van der Waals surface area contributed by atoms with Crippen LogP contribution in [0.1, 0.15) is 35.0 Å². The number of benzene rings is 2. The van der Waals surface area contributed by atoms with E-state index in [1.807, 2.05) is 38.1 Å². The van der Waals surface area contributed by atoms with Gasteiger partial charge >= 0.3 is 0 Å². The van der Waals surface area contributed by atoms with Gasteiger partial charge in [0.15, 0.2) is 11.0 Å². The molecule has 0 fully saturated rings. The van der Waals surface area contributed by atoms with E-state index >= 15 is 0 Å². The van der Waals surface area contributed by atoms with Crippen LogP contribution in [0.5, 0.6) is 5.75 Å². The summed E-state index contributed by atoms with van der Waals surface area (Å²) in [4.78, 5) is 15.2. The molecule has 0 saturated carbocycles. The predicted molar refractivity (Wildman–Crippen MR) is 125 cm³/mol. The Morgan fingerprint density at radius 1 is 1.06 bits per heavy atom. The maximum absolute atomic E-state index is 12.2. The molecule has 0 saturated heterocycles. The molecule has 0 aliphatic carbocycles. The van der Waals surface area contributed by atoms with Gasteiger partial charge in [-0.15, -0.1) is 10.2 Å². The third-order valence-electron chi connectivity index (χ3n) is 5.30. The molecule has 0 amide bonds. The standard InChI is InChI=1S/C24H26N4O2S/c1-5-28-21(13-30-20-9-7-6-8-16(20)3)26-27-24(28)31-14-18-12-22(29)25-23-17(4)10-15(2)11-19(18)23/h6-12H,5,13-14H2,1-4H3,(H,25,29). The number of aryl methyl sites for hydroxylation is 3. The number of aromatic nitrogens is 4. The van der Waals surface area contributed by atoms with E-state index in [9.17, 15) is 4.79 Å². The number of para-hydroxylation sites is 1. The van der Waals surface area contributed by atoms with Crippen molar-refractivity contribution in [2.75, 3.05) is 0 Å². The second-order valence-corrected chi connectivity index (χ2v) is 8.59. The molecule has 0 spiro atoms. The summed E-state index contributed by atoms with van der Waals surface area (Å²) in [6, 6.07) is 13.8. The van der Waals surface area contributed by atoms with Crippen molar-refractivity contribution in [3.63, 3.8) is 0 Å². The van der Waals surface area contributed by atoms with E-state index < -0.39 is 0 Å². The summed E-state index contributed by atoms with van der Waals surface area (Å²) in [5.74, 6) is 2.28. The van der Waals surface area contributed by atoms with Gasteiger partial charge in [0.1, 0.15) is 12.4 Å². The van der Waals surface area contributed by atoms with Gasteiger partial charge in [-0.25, -0.2) is 0 Å². The number of rotatable bonds is 7. The third-order valence-corrected chi connectivity index (χ3v) is 6.31. The molecule has 6 nitrogen and oxygen atoms in total. The number of hydrogen-bond donors (Lipinski definition) is 1. The van der Waals surface area contributed by atoms with Gasteiger partial charge in [0.25, 0.3) is 0 Å². The Hall–Kier alpha value is -3.06. The SMILES string of the molecule is CCn1c(COc2ccccc2C)nnc1SCc1cc(=O)[nH]c2c(C)cc(C)cc12. The van der Waals surface area contributed by atoms with Crippen LogP contribution in [-0.2, 0) is 18.9 Å². The highest BCUT2D eigenvalue weighted by molar-refractivity contribution is 7.98. The van der Waals surface area contributed by atoms with Crippen molar-refractivity contribution in [3.8, 4) is 5.75 Å². The van der Waals surface area contributed by atoms with Gasteiger partial charge < -0.3 is 14.3 Å². The lowest BCUT2D eigenvalue weighted by Gasteiger charge is -2.11. The van der Waals surface area contributed by atoms with Gasteiger partial charge in [-0.1, -0.05) is 41.6 Å². The zero-order valence-corrected chi connectivity index (χ0v) is 19.0. The Kier molecular flexibility index (Phi) is 6.13. The summed E-state index contributed by atoms with van der Waals surface area (Å²) in [6.45, 7) is 9.30. The molecule has 31 heavy (non-hydrogen) atoms. The van der Waals surface area contributed by atoms with E-state index in [1.165, 1.54) is 5.56 Å². The van der Waals surface area contributed by atoms with E-state index in [2.05, 4.69) is 45.7 Å². The van der Waals surface area contributed by atoms with Gasteiger partial charge in [0.2, 0.25) is 5.56 Å². The Labute approximate surface area is 185 Å². The zero-order chi connectivity index (χ0) is 22.0. The van der Waals surface area contributed by atoms with Crippen molar-refractivity contribution in [2.45, 2.75) is 51.8 Å². The summed E-state index contributed by atoms with van der Waals surface area (Å²) in [7, 11) is 0. The van der Waals surface area contributed by atoms with E-state index in [0.29, 0.717) is 12.4 Å². The molecule has 4 rings (SSSR count). The van der Waals surface area contributed by atoms with E-state index in [4.69, 9.17) is 4.74 Å². The van der Waals surface area contributed by atoms with Crippen LogP contribution in [0.2, 0.25) is 0 Å². The minimum absolute atomic E-state index is 0.0840. The maximum atomic E-state index is 12.2. The molecule has 0 bridgehead atoms. The second kappa shape index (κ2) is 8.98. The monoisotopic (exact) mass is 434 g/mol. The molecule has 0 radical (unpaired) electrons. The predicted octanol–water partition coefficient (Wildman–Crippen LogP) is 4.94. The van der Waals surface area contributed by atoms with Crippen LogP contribution in [0.15, 0.2) is 52.4 Å². The average Bonchev–Trinajstić information content (AvgIpc) is 3.14. The number of fused-ring (bicyclic) bond motifs is 1. The smallest absolute Gasteiger partial charge is 0.248 e. The minimum Gasteiger partial charge on any atom is -0.485 e. The van der Waals surface area contributed by atoms with Crippen molar-refractivity contribution in [3.05, 3.63) is 80.9 Å². The van der Waals surface area contributed by atoms with Crippen LogP contribution >= 0.6 is 11.8 Å². The van der Waals surface area contributed by atoms with Crippen LogP contribution in [0.3, 0.4) is 0 Å². The van der Waals surface area contributed by atoms with Crippen molar-refractivity contribution in [1.82, 2.24) is 19.7 Å². The first-order valence-electron chi connectivity index (χ1n) is 10.3. The lowest BCUT2D eigenvalue weighted by Crippen LogP contribution is -2.08. The summed E-state index contributed by atoms with van der Waals surface area (Å²) < 4.78 is 8.03. The van der Waals surface area contributed by atoms with E-state index in [-0.39, 0.29) is 5.56 Å². The molecule has 0 aliphatic rings. The van der Waals surface area contributed by atoms with Crippen LogP contribution < -0.4 is 10.3 Å². The number of nitrogens with one attached hydrogen (secondary N) is 1. The molecule has 1 N–H and O–H groups in total. The van der Waals surface area contributed by atoms with E-state index in [0.717, 1.165) is 50.9 Å². The molecule has 0 atom stereocenters. The maximum Gasteiger partial charge on any atom is 0.248 e. The zero-order valence-electron chi connectivity index (χ0n) is 18.2. The van der Waals surface area contributed by atoms with Gasteiger partial charge in [0.05, 0.1) is 5.52 Å². The number of ether oxygens (including phenoxy) is 1. The molecule has 4 aromatic rings.